The van der Waals surface area contributed by atoms with Gasteiger partial charge in [0.25, 0.3) is 5.56 Å². The van der Waals surface area contributed by atoms with Crippen molar-refractivity contribution < 1.29 is 9.53 Å². The van der Waals surface area contributed by atoms with Gasteiger partial charge in [-0.25, -0.2) is 9.48 Å². The lowest BCUT2D eigenvalue weighted by Crippen LogP contribution is -2.21. The van der Waals surface area contributed by atoms with Crippen LogP contribution in [0.3, 0.4) is 0 Å². The Kier molecular flexibility index (Phi) is 2.40. The number of ether oxygens (including phenoxy) is 1. The molecule has 0 atom stereocenters. The number of esters is 1. The fraction of sp³-hybridized carbons (Fsp3) is 0.200. The first-order chi connectivity index (χ1) is 7.63. The number of aromatic nitrogens is 3. The maximum absolute atomic E-state index is 11.6. The lowest BCUT2D eigenvalue weighted by atomic mass is 10.1. The predicted molar refractivity (Wildman–Crippen MR) is 56.1 cm³/mol. The van der Waals surface area contributed by atoms with Crippen LogP contribution in [0.15, 0.2) is 23.0 Å². The van der Waals surface area contributed by atoms with Gasteiger partial charge >= 0.3 is 5.97 Å². The molecule has 0 unspecified atom stereocenters. The van der Waals surface area contributed by atoms with Crippen molar-refractivity contribution in [3.63, 3.8) is 0 Å². The fourth-order valence-electron chi connectivity index (χ4n) is 1.37. The van der Waals surface area contributed by atoms with Crippen LogP contribution in [-0.4, -0.2) is 28.1 Å². The zero-order valence-electron chi connectivity index (χ0n) is 8.80. The minimum atomic E-state index is -0.468. The average Bonchev–Trinajstić information content (AvgIpc) is 2.32. The third-order valence-corrected chi connectivity index (χ3v) is 2.23. The van der Waals surface area contributed by atoms with Crippen LogP contribution in [0, 0.1) is 0 Å². The second kappa shape index (κ2) is 3.73. The Hall–Kier alpha value is -2.24. The van der Waals surface area contributed by atoms with E-state index in [1.54, 1.807) is 6.07 Å². The largest absolute Gasteiger partial charge is 0.465 e. The summed E-state index contributed by atoms with van der Waals surface area (Å²) in [5.41, 5.74) is 0.477. The smallest absolute Gasteiger partial charge is 0.337 e. The van der Waals surface area contributed by atoms with Gasteiger partial charge in [-0.1, -0.05) is 5.21 Å². The number of nitrogens with zero attached hydrogens (tertiary/aromatic N) is 3. The average molecular weight is 219 g/mol. The van der Waals surface area contributed by atoms with Gasteiger partial charge < -0.3 is 4.74 Å². The molecule has 1 aromatic carbocycles. The van der Waals surface area contributed by atoms with E-state index in [-0.39, 0.29) is 5.56 Å². The Morgan fingerprint density at radius 3 is 2.88 bits per heavy atom. The van der Waals surface area contributed by atoms with Crippen molar-refractivity contribution in [3.05, 3.63) is 34.1 Å². The summed E-state index contributed by atoms with van der Waals surface area (Å²) in [6, 6.07) is 4.55. The number of carbonyl (C=O) groups is 1. The molecule has 0 aliphatic carbocycles. The standard InChI is InChI=1S/C10H9N3O3/c1-13-9(14)7-4-3-6(10(15)16-2)5-8(7)11-12-13/h3-5H,1-2H3. The summed E-state index contributed by atoms with van der Waals surface area (Å²) in [6.45, 7) is 0. The molecule has 0 spiro atoms. The summed E-state index contributed by atoms with van der Waals surface area (Å²) in [4.78, 5) is 22.9. The highest BCUT2D eigenvalue weighted by molar-refractivity contribution is 5.93. The molecule has 0 amide bonds. The van der Waals surface area contributed by atoms with Gasteiger partial charge in [-0.05, 0) is 18.2 Å². The van der Waals surface area contributed by atoms with Crippen LogP contribution >= 0.6 is 0 Å². The molecule has 0 fully saturated rings. The number of carbonyl (C=O) groups excluding carboxylic acids is 1. The summed E-state index contributed by atoms with van der Waals surface area (Å²) >= 11 is 0. The van der Waals surface area contributed by atoms with Crippen molar-refractivity contribution in [2.75, 3.05) is 7.11 Å². The number of fused-ring (bicyclic) bond motifs is 1. The molecule has 6 nitrogen and oxygen atoms in total. The molecule has 1 aromatic heterocycles. The summed E-state index contributed by atoms with van der Waals surface area (Å²) in [6.07, 6.45) is 0. The number of rotatable bonds is 1. The van der Waals surface area contributed by atoms with Crippen LogP contribution in [0.1, 0.15) is 10.4 Å². The second-order valence-electron chi connectivity index (χ2n) is 3.24. The second-order valence-corrected chi connectivity index (χ2v) is 3.24. The molecule has 82 valence electrons. The first-order valence-corrected chi connectivity index (χ1v) is 4.55. The highest BCUT2D eigenvalue weighted by Gasteiger charge is 2.09. The van der Waals surface area contributed by atoms with Crippen molar-refractivity contribution in [2.45, 2.75) is 0 Å². The quantitative estimate of drug-likeness (QED) is 0.636. The van der Waals surface area contributed by atoms with E-state index in [4.69, 9.17) is 0 Å². The summed E-state index contributed by atoms with van der Waals surface area (Å²) in [5.74, 6) is -0.468. The zero-order chi connectivity index (χ0) is 11.7. The lowest BCUT2D eigenvalue weighted by Gasteiger charge is -2.01. The van der Waals surface area contributed by atoms with Crippen LogP contribution in [-0.2, 0) is 11.8 Å². The number of methoxy groups -OCH3 is 1. The molecular weight excluding hydrogens is 210 g/mol. The Morgan fingerprint density at radius 2 is 2.19 bits per heavy atom. The molecule has 1 heterocycles. The summed E-state index contributed by atoms with van der Waals surface area (Å²) in [7, 11) is 2.81. The Bertz CT molecular complexity index is 618. The first kappa shape index (κ1) is 10.3. The first-order valence-electron chi connectivity index (χ1n) is 4.55. The van der Waals surface area contributed by atoms with E-state index >= 15 is 0 Å². The molecule has 0 bridgehead atoms. The molecular formula is C10H9N3O3. The minimum Gasteiger partial charge on any atom is -0.465 e. The van der Waals surface area contributed by atoms with Gasteiger partial charge in [0.05, 0.1) is 18.1 Å². The lowest BCUT2D eigenvalue weighted by molar-refractivity contribution is 0.0601. The van der Waals surface area contributed by atoms with Crippen LogP contribution in [0.4, 0.5) is 0 Å². The topological polar surface area (TPSA) is 74.1 Å². The number of aryl methyl sites for hydroxylation is 1. The highest BCUT2D eigenvalue weighted by Crippen LogP contribution is 2.09. The van der Waals surface area contributed by atoms with E-state index in [1.807, 2.05) is 0 Å². The van der Waals surface area contributed by atoms with Gasteiger partial charge in [-0.2, -0.15) is 0 Å². The molecule has 0 radical (unpaired) electrons. The monoisotopic (exact) mass is 219 g/mol. The van der Waals surface area contributed by atoms with Gasteiger partial charge in [0.15, 0.2) is 0 Å². The molecule has 0 aliphatic rings. The molecule has 0 N–H and O–H groups in total. The van der Waals surface area contributed by atoms with E-state index in [1.165, 1.54) is 26.3 Å². The normalized spacial score (nSPS) is 10.4. The van der Waals surface area contributed by atoms with Crippen molar-refractivity contribution in [1.82, 2.24) is 15.0 Å². The van der Waals surface area contributed by atoms with Gasteiger partial charge in [0.2, 0.25) is 0 Å². The summed E-state index contributed by atoms with van der Waals surface area (Å²) < 4.78 is 5.71. The predicted octanol–water partition coefficient (Wildman–Crippen LogP) is 0.115. The van der Waals surface area contributed by atoms with Crippen LogP contribution in [0.5, 0.6) is 0 Å². The number of hydrogen-bond acceptors (Lipinski definition) is 5. The maximum atomic E-state index is 11.6. The molecule has 2 rings (SSSR count). The van der Waals surface area contributed by atoms with Gasteiger partial charge in [-0.3, -0.25) is 4.79 Å². The molecule has 6 heteroatoms. The van der Waals surface area contributed by atoms with Crippen LogP contribution in [0.25, 0.3) is 10.9 Å². The van der Waals surface area contributed by atoms with Crippen molar-refractivity contribution >= 4 is 16.9 Å². The van der Waals surface area contributed by atoms with Crippen molar-refractivity contribution in [1.29, 1.82) is 0 Å². The molecule has 16 heavy (non-hydrogen) atoms. The fourth-order valence-corrected chi connectivity index (χ4v) is 1.37. The molecule has 0 saturated heterocycles. The van der Waals surface area contributed by atoms with E-state index in [9.17, 15) is 9.59 Å². The van der Waals surface area contributed by atoms with Crippen molar-refractivity contribution in [3.8, 4) is 0 Å². The van der Waals surface area contributed by atoms with Gasteiger partial charge in [-0.15, -0.1) is 5.10 Å². The SMILES string of the molecule is COC(=O)c1ccc2c(=O)n(C)nnc2c1. The van der Waals surface area contributed by atoms with Crippen LogP contribution < -0.4 is 5.56 Å². The van der Waals surface area contributed by atoms with Crippen LogP contribution in [0.2, 0.25) is 0 Å². The third-order valence-electron chi connectivity index (χ3n) is 2.23. The third kappa shape index (κ3) is 1.54. The van der Waals surface area contributed by atoms with Gasteiger partial charge in [0, 0.05) is 7.05 Å². The number of benzene rings is 1. The summed E-state index contributed by atoms with van der Waals surface area (Å²) in [5, 5.41) is 7.88. The van der Waals surface area contributed by atoms with E-state index in [2.05, 4.69) is 15.0 Å². The minimum absolute atomic E-state index is 0.249. The Balaban J connectivity index is 2.70. The van der Waals surface area contributed by atoms with Gasteiger partial charge in [0.1, 0.15) is 5.52 Å². The molecule has 0 aliphatic heterocycles. The van der Waals surface area contributed by atoms with E-state index < -0.39 is 5.97 Å². The van der Waals surface area contributed by atoms with E-state index in [0.29, 0.717) is 16.5 Å². The van der Waals surface area contributed by atoms with Crippen molar-refractivity contribution in [2.24, 2.45) is 7.05 Å². The highest BCUT2D eigenvalue weighted by atomic mass is 16.5. The maximum Gasteiger partial charge on any atom is 0.337 e. The number of hydrogen-bond donors (Lipinski definition) is 0. The zero-order valence-corrected chi connectivity index (χ0v) is 8.80. The van der Waals surface area contributed by atoms with E-state index in [0.717, 1.165) is 4.68 Å². The molecule has 2 aromatic rings. The Morgan fingerprint density at radius 1 is 1.44 bits per heavy atom. The Labute approximate surface area is 90.5 Å². The molecule has 0 saturated carbocycles.